The van der Waals surface area contributed by atoms with Gasteiger partial charge in [-0.05, 0) is 67.3 Å². The number of amides is 1. The Morgan fingerprint density at radius 1 is 1.04 bits per heavy atom. The summed E-state index contributed by atoms with van der Waals surface area (Å²) < 4.78 is 10.6. The first kappa shape index (κ1) is 24.9. The van der Waals surface area contributed by atoms with Gasteiger partial charge in [-0.2, -0.15) is 0 Å². The van der Waals surface area contributed by atoms with E-state index in [1.54, 1.807) is 41.5 Å². The van der Waals surface area contributed by atoms with Gasteiger partial charge >= 0.3 is 12.1 Å². The van der Waals surface area contributed by atoms with Crippen LogP contribution in [0.4, 0.5) is 4.79 Å². The lowest BCUT2D eigenvalue weighted by Gasteiger charge is -2.26. The Balaban J connectivity index is 4.50. The van der Waals surface area contributed by atoms with Crippen LogP contribution >= 0.6 is 11.6 Å². The molecule has 8 heteroatoms. The minimum absolute atomic E-state index is 0.188. The van der Waals surface area contributed by atoms with E-state index in [1.165, 1.54) is 0 Å². The molecule has 0 aromatic rings. The van der Waals surface area contributed by atoms with E-state index in [4.69, 9.17) is 21.1 Å². The fourth-order valence-corrected chi connectivity index (χ4v) is 2.10. The predicted octanol–water partition coefficient (Wildman–Crippen LogP) is 2.58. The Morgan fingerprint density at radius 2 is 1.62 bits per heavy atom. The van der Waals surface area contributed by atoms with Crippen molar-refractivity contribution in [2.75, 3.05) is 19.0 Å². The van der Waals surface area contributed by atoms with E-state index in [-0.39, 0.29) is 5.88 Å². The fraction of sp³-hybridized carbons (Fsp3) is 0.889. The summed E-state index contributed by atoms with van der Waals surface area (Å²) in [5, 5.41) is 15.0. The normalized spacial score (nSPS) is 14.5. The molecule has 0 bridgehead atoms. The van der Waals surface area contributed by atoms with Gasteiger partial charge in [0.25, 0.3) is 0 Å². The SMILES string of the molecule is CC(C)(C)OC(=O)N[C@@H](CCCCNC[C@@H](O)CCl)C(=O)OC(C)(C)C. The second kappa shape index (κ2) is 11.6. The first-order valence-corrected chi connectivity index (χ1v) is 9.54. The van der Waals surface area contributed by atoms with Gasteiger partial charge in [0.05, 0.1) is 6.10 Å². The number of aliphatic hydroxyl groups excluding tert-OH is 1. The van der Waals surface area contributed by atoms with Gasteiger partial charge in [-0.25, -0.2) is 9.59 Å². The van der Waals surface area contributed by atoms with Crippen LogP contribution in [0.5, 0.6) is 0 Å². The van der Waals surface area contributed by atoms with Gasteiger partial charge in [-0.1, -0.05) is 0 Å². The molecular weight excluding hydrogens is 360 g/mol. The van der Waals surface area contributed by atoms with Crippen molar-refractivity contribution in [1.82, 2.24) is 10.6 Å². The van der Waals surface area contributed by atoms with Crippen LogP contribution in [0, 0.1) is 0 Å². The van der Waals surface area contributed by atoms with Crippen LogP contribution in [0.1, 0.15) is 60.8 Å². The standard InChI is InChI=1S/C18H35ClN2O5/c1-17(2,3)25-15(23)14(21-16(24)26-18(4,5)6)9-7-8-10-20-12-13(22)11-19/h13-14,20,22H,7-12H2,1-6H3,(H,21,24)/t13-,14-/m0/s1. The lowest BCUT2D eigenvalue weighted by atomic mass is 10.1. The highest BCUT2D eigenvalue weighted by atomic mass is 35.5. The largest absolute Gasteiger partial charge is 0.458 e. The second-order valence-electron chi connectivity index (χ2n) is 8.24. The number of esters is 1. The van der Waals surface area contributed by atoms with Crippen molar-refractivity contribution in [3.63, 3.8) is 0 Å². The maximum Gasteiger partial charge on any atom is 0.408 e. The minimum atomic E-state index is -0.766. The molecule has 0 saturated heterocycles. The molecule has 0 radical (unpaired) electrons. The molecule has 1 amide bonds. The quantitative estimate of drug-likeness (QED) is 0.299. The predicted molar refractivity (Wildman–Crippen MR) is 102 cm³/mol. The molecule has 0 heterocycles. The van der Waals surface area contributed by atoms with Crippen LogP contribution in [-0.4, -0.2) is 59.5 Å². The first-order chi connectivity index (χ1) is 11.8. The Kier molecular flexibility index (Phi) is 11.1. The van der Waals surface area contributed by atoms with E-state index in [9.17, 15) is 14.7 Å². The number of unbranched alkanes of at least 4 members (excludes halogenated alkanes) is 1. The van der Waals surface area contributed by atoms with E-state index in [2.05, 4.69) is 10.6 Å². The van der Waals surface area contributed by atoms with Gasteiger partial charge in [0.15, 0.2) is 0 Å². The zero-order valence-electron chi connectivity index (χ0n) is 16.9. The van der Waals surface area contributed by atoms with E-state index in [0.29, 0.717) is 25.9 Å². The molecule has 154 valence electrons. The van der Waals surface area contributed by atoms with Gasteiger partial charge in [-0.15, -0.1) is 11.6 Å². The zero-order valence-corrected chi connectivity index (χ0v) is 17.6. The topological polar surface area (TPSA) is 96.9 Å². The molecule has 0 aliphatic rings. The molecule has 0 spiro atoms. The van der Waals surface area contributed by atoms with E-state index < -0.39 is 35.4 Å². The lowest BCUT2D eigenvalue weighted by Crippen LogP contribution is -2.46. The summed E-state index contributed by atoms with van der Waals surface area (Å²) in [6.07, 6.45) is 0.707. The molecule has 0 fully saturated rings. The molecule has 2 atom stereocenters. The molecule has 0 saturated carbocycles. The van der Waals surface area contributed by atoms with E-state index in [0.717, 1.165) is 6.42 Å². The molecular formula is C18H35ClN2O5. The maximum atomic E-state index is 12.4. The first-order valence-electron chi connectivity index (χ1n) is 9.01. The number of carbonyl (C=O) groups is 2. The molecule has 0 aromatic carbocycles. The summed E-state index contributed by atoms with van der Waals surface area (Å²) in [6, 6.07) is -0.766. The monoisotopic (exact) mass is 394 g/mol. The number of carbonyl (C=O) groups excluding carboxylic acids is 2. The zero-order chi connectivity index (χ0) is 20.4. The van der Waals surface area contributed by atoms with Crippen LogP contribution in [0.2, 0.25) is 0 Å². The third kappa shape index (κ3) is 14.2. The van der Waals surface area contributed by atoms with Crippen LogP contribution in [-0.2, 0) is 14.3 Å². The van der Waals surface area contributed by atoms with Gasteiger partial charge in [0, 0.05) is 12.4 Å². The third-order valence-corrected chi connectivity index (χ3v) is 3.39. The fourth-order valence-electron chi connectivity index (χ4n) is 1.99. The Labute approximate surface area is 162 Å². The molecule has 3 N–H and O–H groups in total. The number of alkyl halides is 1. The van der Waals surface area contributed by atoms with Crippen molar-refractivity contribution in [2.45, 2.75) is 84.2 Å². The Morgan fingerprint density at radius 3 is 2.12 bits per heavy atom. The van der Waals surface area contributed by atoms with Gasteiger partial charge in [0.1, 0.15) is 17.2 Å². The molecule has 0 aromatic heterocycles. The van der Waals surface area contributed by atoms with Crippen molar-refractivity contribution in [3.8, 4) is 0 Å². The highest BCUT2D eigenvalue weighted by Crippen LogP contribution is 2.13. The minimum Gasteiger partial charge on any atom is -0.458 e. The number of ether oxygens (including phenoxy) is 2. The Hall–Kier alpha value is -1.05. The second-order valence-corrected chi connectivity index (χ2v) is 8.55. The molecule has 7 nitrogen and oxygen atoms in total. The number of alkyl carbamates (subject to hydrolysis) is 1. The molecule has 0 rings (SSSR count). The number of rotatable bonds is 10. The van der Waals surface area contributed by atoms with Crippen molar-refractivity contribution in [3.05, 3.63) is 0 Å². The summed E-state index contributed by atoms with van der Waals surface area (Å²) in [6.45, 7) is 11.7. The van der Waals surface area contributed by atoms with Crippen LogP contribution in [0.3, 0.4) is 0 Å². The lowest BCUT2D eigenvalue weighted by molar-refractivity contribution is -0.157. The average Bonchev–Trinajstić information content (AvgIpc) is 2.45. The third-order valence-electron chi connectivity index (χ3n) is 3.04. The molecule has 0 unspecified atom stereocenters. The highest BCUT2D eigenvalue weighted by molar-refractivity contribution is 6.18. The van der Waals surface area contributed by atoms with Crippen LogP contribution in [0.25, 0.3) is 0 Å². The summed E-state index contributed by atoms with van der Waals surface area (Å²) in [5.41, 5.74) is -1.28. The van der Waals surface area contributed by atoms with Crippen molar-refractivity contribution < 1.29 is 24.2 Å². The smallest absolute Gasteiger partial charge is 0.408 e. The van der Waals surface area contributed by atoms with Crippen molar-refractivity contribution in [2.24, 2.45) is 0 Å². The number of halogens is 1. The molecule has 26 heavy (non-hydrogen) atoms. The number of aliphatic hydroxyl groups is 1. The van der Waals surface area contributed by atoms with E-state index >= 15 is 0 Å². The molecule has 0 aliphatic carbocycles. The molecule has 0 aliphatic heterocycles. The van der Waals surface area contributed by atoms with Gasteiger partial charge < -0.3 is 25.2 Å². The van der Waals surface area contributed by atoms with Crippen LogP contribution in [0.15, 0.2) is 0 Å². The summed E-state index contributed by atoms with van der Waals surface area (Å²) >= 11 is 5.52. The Bertz CT molecular complexity index is 432. The summed E-state index contributed by atoms with van der Waals surface area (Å²) in [4.78, 5) is 24.3. The highest BCUT2D eigenvalue weighted by Gasteiger charge is 2.28. The van der Waals surface area contributed by atoms with Crippen molar-refractivity contribution in [1.29, 1.82) is 0 Å². The van der Waals surface area contributed by atoms with Crippen LogP contribution < -0.4 is 10.6 Å². The summed E-state index contributed by atoms with van der Waals surface area (Å²) in [5.74, 6) is -0.290. The number of nitrogens with one attached hydrogen (secondary N) is 2. The summed E-state index contributed by atoms with van der Waals surface area (Å²) in [7, 11) is 0. The van der Waals surface area contributed by atoms with Gasteiger partial charge in [-0.3, -0.25) is 0 Å². The van der Waals surface area contributed by atoms with Gasteiger partial charge in [0.2, 0.25) is 0 Å². The number of hydrogen-bond acceptors (Lipinski definition) is 6. The van der Waals surface area contributed by atoms with Crippen molar-refractivity contribution >= 4 is 23.7 Å². The average molecular weight is 395 g/mol. The van der Waals surface area contributed by atoms with E-state index in [1.807, 2.05) is 0 Å². The maximum absolute atomic E-state index is 12.4. The number of hydrogen-bond donors (Lipinski definition) is 3.